The summed E-state index contributed by atoms with van der Waals surface area (Å²) >= 11 is 0. The Morgan fingerprint density at radius 3 is 2.52 bits per heavy atom. The van der Waals surface area contributed by atoms with Crippen molar-refractivity contribution in [1.29, 1.82) is 0 Å². The van der Waals surface area contributed by atoms with Crippen LogP contribution in [0.3, 0.4) is 0 Å². The number of fused-ring (bicyclic) bond motifs is 1. The lowest BCUT2D eigenvalue weighted by atomic mass is 10.1. The topological polar surface area (TPSA) is 67.9 Å². The fourth-order valence-electron chi connectivity index (χ4n) is 2.04. The van der Waals surface area contributed by atoms with Crippen LogP contribution in [0, 0.1) is 0 Å². The van der Waals surface area contributed by atoms with E-state index in [2.05, 4.69) is 5.32 Å². The molecule has 0 bridgehead atoms. The lowest BCUT2D eigenvalue weighted by molar-refractivity contribution is -0.124. The van der Waals surface area contributed by atoms with E-state index in [0.717, 1.165) is 0 Å². The summed E-state index contributed by atoms with van der Waals surface area (Å²) in [6.07, 6.45) is 0. The van der Waals surface area contributed by atoms with Crippen molar-refractivity contribution in [2.45, 2.75) is 33.2 Å². The summed E-state index contributed by atoms with van der Waals surface area (Å²) in [5, 5.41) is 2.84. The number of carbonyl (C=O) groups excluding carboxylic acids is 2. The van der Waals surface area contributed by atoms with E-state index < -0.39 is 0 Å². The summed E-state index contributed by atoms with van der Waals surface area (Å²) in [5.41, 5.74) is 0.268. The number of benzene rings is 1. The number of hydrogen-bond donors (Lipinski definition) is 1. The van der Waals surface area contributed by atoms with Crippen LogP contribution < -0.4 is 19.7 Å². The van der Waals surface area contributed by atoms with Gasteiger partial charge < -0.3 is 19.7 Å². The van der Waals surface area contributed by atoms with E-state index in [1.807, 2.05) is 20.8 Å². The second kappa shape index (κ2) is 5.63. The smallest absolute Gasteiger partial charge is 0.240 e. The molecule has 0 unspecified atom stereocenters. The Bertz CT molecular complexity index is 563. The molecule has 0 saturated heterocycles. The molecule has 2 amide bonds. The minimum atomic E-state index is -0.339. The van der Waals surface area contributed by atoms with Crippen molar-refractivity contribution in [2.24, 2.45) is 0 Å². The second-order valence-corrected chi connectivity index (χ2v) is 5.94. The number of amides is 2. The lowest BCUT2D eigenvalue weighted by Gasteiger charge is -2.25. The highest BCUT2D eigenvalue weighted by Crippen LogP contribution is 2.35. The van der Waals surface area contributed by atoms with Gasteiger partial charge in [-0.1, -0.05) is 0 Å². The maximum Gasteiger partial charge on any atom is 0.240 e. The van der Waals surface area contributed by atoms with Crippen LogP contribution in [0.5, 0.6) is 11.5 Å². The van der Waals surface area contributed by atoms with Gasteiger partial charge in [0.2, 0.25) is 18.6 Å². The van der Waals surface area contributed by atoms with Crippen molar-refractivity contribution >= 4 is 17.5 Å². The molecule has 1 aliphatic rings. The van der Waals surface area contributed by atoms with Crippen LogP contribution in [0.4, 0.5) is 5.69 Å². The van der Waals surface area contributed by atoms with Gasteiger partial charge in [0, 0.05) is 24.2 Å². The molecule has 114 valence electrons. The van der Waals surface area contributed by atoms with Crippen LogP contribution in [0.1, 0.15) is 27.7 Å². The third kappa shape index (κ3) is 3.87. The molecule has 6 heteroatoms. The summed E-state index contributed by atoms with van der Waals surface area (Å²) < 4.78 is 10.5. The third-order valence-electron chi connectivity index (χ3n) is 2.86. The number of nitrogens with one attached hydrogen (secondary N) is 1. The summed E-state index contributed by atoms with van der Waals surface area (Å²) in [7, 11) is 0. The molecule has 21 heavy (non-hydrogen) atoms. The van der Waals surface area contributed by atoms with Gasteiger partial charge in [0.15, 0.2) is 11.5 Å². The molecule has 1 aromatic rings. The van der Waals surface area contributed by atoms with E-state index in [0.29, 0.717) is 17.2 Å². The first-order valence-electron chi connectivity index (χ1n) is 6.75. The number of rotatable bonds is 3. The number of nitrogens with zero attached hydrogens (tertiary/aromatic N) is 1. The van der Waals surface area contributed by atoms with E-state index in [1.54, 1.807) is 18.2 Å². The average Bonchev–Trinajstić information content (AvgIpc) is 2.80. The highest BCUT2D eigenvalue weighted by molar-refractivity contribution is 5.97. The zero-order valence-corrected chi connectivity index (χ0v) is 12.7. The second-order valence-electron chi connectivity index (χ2n) is 5.94. The molecule has 0 radical (unpaired) electrons. The molecule has 0 atom stereocenters. The summed E-state index contributed by atoms with van der Waals surface area (Å²) in [6.45, 7) is 7.24. The molecule has 1 aliphatic heterocycles. The zero-order valence-electron chi connectivity index (χ0n) is 12.7. The molecule has 0 aliphatic carbocycles. The highest BCUT2D eigenvalue weighted by atomic mass is 16.7. The average molecular weight is 292 g/mol. The normalized spacial score (nSPS) is 13.0. The molecular formula is C15H20N2O4. The van der Waals surface area contributed by atoms with Crippen molar-refractivity contribution in [2.75, 3.05) is 18.2 Å². The number of hydrogen-bond acceptors (Lipinski definition) is 4. The molecule has 0 fully saturated rings. The standard InChI is InChI=1S/C15H20N2O4/c1-10(18)17(8-14(19)16-15(2,3)4)11-5-6-12-13(7-11)21-9-20-12/h5-7H,8-9H2,1-4H3,(H,16,19). The first kappa shape index (κ1) is 15.2. The van der Waals surface area contributed by atoms with E-state index >= 15 is 0 Å². The Kier molecular flexibility index (Phi) is 4.06. The predicted octanol–water partition coefficient (Wildman–Crippen LogP) is 1.68. The van der Waals surface area contributed by atoms with Crippen LogP contribution in [-0.4, -0.2) is 30.7 Å². The molecule has 0 spiro atoms. The minimum Gasteiger partial charge on any atom is -0.454 e. The van der Waals surface area contributed by atoms with Crippen LogP contribution in [0.15, 0.2) is 18.2 Å². The summed E-state index contributed by atoms with van der Waals surface area (Å²) in [6, 6.07) is 5.17. The largest absolute Gasteiger partial charge is 0.454 e. The molecule has 2 rings (SSSR count). The van der Waals surface area contributed by atoms with Crippen molar-refractivity contribution in [3.05, 3.63) is 18.2 Å². The fourth-order valence-corrected chi connectivity index (χ4v) is 2.04. The van der Waals surface area contributed by atoms with Crippen LogP contribution >= 0.6 is 0 Å². The van der Waals surface area contributed by atoms with Crippen LogP contribution in [0.25, 0.3) is 0 Å². The summed E-state index contributed by atoms with van der Waals surface area (Å²) in [5.74, 6) is 0.796. The SMILES string of the molecule is CC(=O)N(CC(=O)NC(C)(C)C)c1ccc2c(c1)OCO2. The quantitative estimate of drug-likeness (QED) is 0.920. The maximum absolute atomic E-state index is 12.0. The van der Waals surface area contributed by atoms with Crippen molar-refractivity contribution < 1.29 is 19.1 Å². The van der Waals surface area contributed by atoms with E-state index in [9.17, 15) is 9.59 Å². The van der Waals surface area contributed by atoms with Crippen molar-refractivity contribution in [1.82, 2.24) is 5.32 Å². The van der Waals surface area contributed by atoms with Gasteiger partial charge in [-0.25, -0.2) is 0 Å². The van der Waals surface area contributed by atoms with Gasteiger partial charge in [-0.3, -0.25) is 9.59 Å². The third-order valence-corrected chi connectivity index (χ3v) is 2.86. The van der Waals surface area contributed by atoms with E-state index in [1.165, 1.54) is 11.8 Å². The van der Waals surface area contributed by atoms with Crippen LogP contribution in [-0.2, 0) is 9.59 Å². The van der Waals surface area contributed by atoms with Gasteiger partial charge in [0.05, 0.1) is 0 Å². The number of anilines is 1. The number of carbonyl (C=O) groups is 2. The minimum absolute atomic E-state index is 0.0355. The molecular weight excluding hydrogens is 272 g/mol. The van der Waals surface area contributed by atoms with Gasteiger partial charge in [-0.2, -0.15) is 0 Å². The van der Waals surface area contributed by atoms with Crippen molar-refractivity contribution in [3.8, 4) is 11.5 Å². The van der Waals surface area contributed by atoms with Gasteiger partial charge in [0.25, 0.3) is 0 Å². The first-order chi connectivity index (χ1) is 9.76. The molecule has 0 aromatic heterocycles. The van der Waals surface area contributed by atoms with Crippen molar-refractivity contribution in [3.63, 3.8) is 0 Å². The molecule has 1 N–H and O–H groups in total. The molecule has 6 nitrogen and oxygen atoms in total. The Labute approximate surface area is 124 Å². The maximum atomic E-state index is 12.0. The predicted molar refractivity (Wildman–Crippen MR) is 78.5 cm³/mol. The monoisotopic (exact) mass is 292 g/mol. The highest BCUT2D eigenvalue weighted by Gasteiger charge is 2.22. The fraction of sp³-hybridized carbons (Fsp3) is 0.467. The Balaban J connectivity index is 2.16. The van der Waals surface area contributed by atoms with E-state index in [4.69, 9.17) is 9.47 Å². The van der Waals surface area contributed by atoms with E-state index in [-0.39, 0.29) is 30.7 Å². The molecule has 1 heterocycles. The Morgan fingerprint density at radius 2 is 1.90 bits per heavy atom. The zero-order chi connectivity index (χ0) is 15.6. The van der Waals surface area contributed by atoms with Gasteiger partial charge in [-0.15, -0.1) is 0 Å². The first-order valence-corrected chi connectivity index (χ1v) is 6.75. The number of ether oxygens (including phenoxy) is 2. The van der Waals surface area contributed by atoms with Crippen LogP contribution in [0.2, 0.25) is 0 Å². The Hall–Kier alpha value is -2.24. The van der Waals surface area contributed by atoms with Gasteiger partial charge in [0.1, 0.15) is 6.54 Å². The van der Waals surface area contributed by atoms with Gasteiger partial charge >= 0.3 is 0 Å². The molecule has 0 saturated carbocycles. The summed E-state index contributed by atoms with van der Waals surface area (Å²) in [4.78, 5) is 25.2. The van der Waals surface area contributed by atoms with Gasteiger partial charge in [-0.05, 0) is 32.9 Å². The molecule has 1 aromatic carbocycles. The Morgan fingerprint density at radius 1 is 1.24 bits per heavy atom. The lowest BCUT2D eigenvalue weighted by Crippen LogP contribution is -2.47.